The number of carbonyl (C=O) groups is 1. The molecule has 2 heterocycles. The molecule has 8 nitrogen and oxygen atoms in total. The summed E-state index contributed by atoms with van der Waals surface area (Å²) in [4.78, 5) is 19.1. The monoisotopic (exact) mass is 399 g/mol. The van der Waals surface area contributed by atoms with Crippen LogP contribution in [0.4, 0.5) is 4.79 Å². The van der Waals surface area contributed by atoms with Crippen LogP contribution in [0.2, 0.25) is 0 Å². The van der Waals surface area contributed by atoms with E-state index in [0.717, 1.165) is 37.1 Å². The lowest BCUT2D eigenvalue weighted by Gasteiger charge is -2.24. The number of ether oxygens (including phenoxy) is 1. The first kappa shape index (κ1) is 19.7. The Morgan fingerprint density at radius 3 is 2.59 bits per heavy atom. The topological polar surface area (TPSA) is 92.5 Å². The average Bonchev–Trinajstić information content (AvgIpc) is 3.35. The lowest BCUT2D eigenvalue weighted by molar-refractivity contribution is 0.228. The zero-order valence-electron chi connectivity index (χ0n) is 17.1. The van der Waals surface area contributed by atoms with Gasteiger partial charge in [-0.1, -0.05) is 24.4 Å². The van der Waals surface area contributed by atoms with Crippen molar-refractivity contribution >= 4 is 6.03 Å². The molecule has 29 heavy (non-hydrogen) atoms. The third-order valence-corrected chi connectivity index (χ3v) is 5.90. The van der Waals surface area contributed by atoms with Gasteiger partial charge in [0.05, 0.1) is 13.2 Å². The minimum Gasteiger partial charge on any atom is -0.497 e. The van der Waals surface area contributed by atoms with Crippen LogP contribution < -0.4 is 15.4 Å². The molecule has 1 aliphatic carbocycles. The first-order valence-corrected chi connectivity index (χ1v) is 10.4. The van der Waals surface area contributed by atoms with Gasteiger partial charge in [-0.2, -0.15) is 4.98 Å². The fourth-order valence-electron chi connectivity index (χ4n) is 4.28. The van der Waals surface area contributed by atoms with Gasteiger partial charge in [-0.05, 0) is 50.6 Å². The van der Waals surface area contributed by atoms with Crippen LogP contribution in [0.25, 0.3) is 11.4 Å². The second-order valence-corrected chi connectivity index (χ2v) is 8.03. The summed E-state index contributed by atoms with van der Waals surface area (Å²) >= 11 is 0. The molecule has 0 radical (unpaired) electrons. The molecule has 1 saturated carbocycles. The summed E-state index contributed by atoms with van der Waals surface area (Å²) in [6.45, 7) is 0.753. The van der Waals surface area contributed by atoms with Crippen molar-refractivity contribution in [1.29, 1.82) is 0 Å². The van der Waals surface area contributed by atoms with Crippen molar-refractivity contribution < 1.29 is 14.1 Å². The summed E-state index contributed by atoms with van der Waals surface area (Å²) in [6, 6.07) is 7.86. The maximum Gasteiger partial charge on any atom is 0.315 e. The molecule has 1 aromatic heterocycles. The third kappa shape index (κ3) is 4.70. The van der Waals surface area contributed by atoms with Gasteiger partial charge in [-0.3, -0.25) is 4.90 Å². The molecule has 2 aromatic rings. The van der Waals surface area contributed by atoms with E-state index in [1.807, 2.05) is 31.3 Å². The summed E-state index contributed by atoms with van der Waals surface area (Å²) < 4.78 is 10.7. The zero-order chi connectivity index (χ0) is 20.2. The number of aromatic nitrogens is 2. The van der Waals surface area contributed by atoms with E-state index in [-0.39, 0.29) is 18.1 Å². The van der Waals surface area contributed by atoms with Gasteiger partial charge < -0.3 is 19.9 Å². The number of likely N-dealkylation sites (tertiary alicyclic amines) is 1. The van der Waals surface area contributed by atoms with E-state index in [2.05, 4.69) is 25.7 Å². The number of methoxy groups -OCH3 is 1. The van der Waals surface area contributed by atoms with Crippen LogP contribution in [-0.4, -0.2) is 53.9 Å². The molecule has 2 fully saturated rings. The van der Waals surface area contributed by atoms with Crippen LogP contribution in [0.5, 0.6) is 5.75 Å². The fraction of sp³-hybridized carbons (Fsp3) is 0.571. The summed E-state index contributed by atoms with van der Waals surface area (Å²) in [7, 11) is 3.65. The average molecular weight is 399 g/mol. The number of nitrogens with one attached hydrogen (secondary N) is 2. The molecule has 2 N–H and O–H groups in total. The van der Waals surface area contributed by atoms with Gasteiger partial charge in [0.2, 0.25) is 11.7 Å². The van der Waals surface area contributed by atoms with Crippen LogP contribution in [0.3, 0.4) is 0 Å². The van der Waals surface area contributed by atoms with E-state index < -0.39 is 0 Å². The molecule has 1 aromatic carbocycles. The van der Waals surface area contributed by atoms with Gasteiger partial charge in [-0.25, -0.2) is 4.79 Å². The molecule has 0 unspecified atom stereocenters. The van der Waals surface area contributed by atoms with Crippen LogP contribution in [0.15, 0.2) is 28.8 Å². The number of hydrogen-bond acceptors (Lipinski definition) is 6. The van der Waals surface area contributed by atoms with Crippen molar-refractivity contribution in [2.45, 2.75) is 56.7 Å². The first-order valence-electron chi connectivity index (χ1n) is 10.4. The second kappa shape index (κ2) is 8.82. The molecular weight excluding hydrogens is 370 g/mol. The van der Waals surface area contributed by atoms with E-state index >= 15 is 0 Å². The number of rotatable bonds is 5. The molecule has 1 saturated heterocycles. The molecule has 156 valence electrons. The highest BCUT2D eigenvalue weighted by Gasteiger charge is 2.35. The van der Waals surface area contributed by atoms with Gasteiger partial charge >= 0.3 is 6.03 Å². The van der Waals surface area contributed by atoms with Gasteiger partial charge in [-0.15, -0.1) is 0 Å². The predicted octanol–water partition coefficient (Wildman–Crippen LogP) is 3.12. The Hall–Kier alpha value is -2.61. The Bertz CT molecular complexity index is 816. The van der Waals surface area contributed by atoms with E-state index in [9.17, 15) is 4.79 Å². The van der Waals surface area contributed by atoms with Gasteiger partial charge in [0.1, 0.15) is 5.75 Å². The first-order chi connectivity index (χ1) is 14.1. The quantitative estimate of drug-likeness (QED) is 0.803. The standard InChI is InChI=1S/C21H29N5O3/c1-26-13-16(23-21(27)22-15-6-4-3-5-7-15)12-18(26)20-24-19(25-29-20)14-8-10-17(28-2)11-9-14/h8-11,15-16,18H,3-7,12-13H2,1-2H3,(H2,22,23,27)/t16-,18-/m0/s1. The molecule has 2 atom stereocenters. The Kier molecular flexibility index (Phi) is 5.99. The SMILES string of the molecule is COc1ccc(-c2noc([C@@H]3C[C@H](NC(=O)NC4CCCCC4)CN3C)n2)cc1. The summed E-state index contributed by atoms with van der Waals surface area (Å²) in [5.41, 5.74) is 0.878. The summed E-state index contributed by atoms with van der Waals surface area (Å²) in [5.74, 6) is 1.92. The van der Waals surface area contributed by atoms with Crippen LogP contribution in [0.1, 0.15) is 50.5 Å². The second-order valence-electron chi connectivity index (χ2n) is 8.03. The molecule has 2 amide bonds. The smallest absolute Gasteiger partial charge is 0.315 e. The minimum absolute atomic E-state index is 0.00511. The van der Waals surface area contributed by atoms with Gasteiger partial charge in [0.15, 0.2) is 0 Å². The lowest BCUT2D eigenvalue weighted by Crippen LogP contribution is -2.47. The highest BCUT2D eigenvalue weighted by atomic mass is 16.5. The number of nitrogens with zero attached hydrogens (tertiary/aromatic N) is 3. The number of urea groups is 1. The maximum absolute atomic E-state index is 12.4. The number of hydrogen-bond donors (Lipinski definition) is 2. The molecular formula is C21H29N5O3. The van der Waals surface area contributed by atoms with E-state index in [4.69, 9.17) is 9.26 Å². The number of amides is 2. The normalized spacial score (nSPS) is 23.1. The molecule has 4 rings (SSSR count). The number of likely N-dealkylation sites (N-methyl/N-ethyl adjacent to an activating group) is 1. The van der Waals surface area contributed by atoms with Crippen molar-refractivity contribution in [3.8, 4) is 17.1 Å². The Labute approximate surface area is 171 Å². The minimum atomic E-state index is -0.0691. The predicted molar refractivity (Wildman–Crippen MR) is 109 cm³/mol. The molecule has 8 heteroatoms. The van der Waals surface area contributed by atoms with E-state index in [1.54, 1.807) is 7.11 Å². The van der Waals surface area contributed by atoms with Crippen LogP contribution in [0, 0.1) is 0 Å². The van der Waals surface area contributed by atoms with Crippen molar-refractivity contribution in [2.75, 3.05) is 20.7 Å². The van der Waals surface area contributed by atoms with Gasteiger partial charge in [0, 0.05) is 24.2 Å². The maximum atomic E-state index is 12.4. The molecule has 0 spiro atoms. The van der Waals surface area contributed by atoms with Crippen molar-refractivity contribution in [1.82, 2.24) is 25.7 Å². The van der Waals surface area contributed by atoms with Crippen molar-refractivity contribution in [3.63, 3.8) is 0 Å². The van der Waals surface area contributed by atoms with Crippen molar-refractivity contribution in [3.05, 3.63) is 30.2 Å². The third-order valence-electron chi connectivity index (χ3n) is 5.90. The largest absolute Gasteiger partial charge is 0.497 e. The molecule has 1 aliphatic heterocycles. The summed E-state index contributed by atoms with van der Waals surface area (Å²) in [6.07, 6.45) is 6.59. The van der Waals surface area contributed by atoms with Crippen LogP contribution >= 0.6 is 0 Å². The molecule has 2 aliphatic rings. The van der Waals surface area contributed by atoms with Crippen LogP contribution in [-0.2, 0) is 0 Å². The highest BCUT2D eigenvalue weighted by molar-refractivity contribution is 5.74. The zero-order valence-corrected chi connectivity index (χ0v) is 17.1. The Balaban J connectivity index is 1.34. The van der Waals surface area contributed by atoms with Gasteiger partial charge in [0.25, 0.3) is 0 Å². The number of benzene rings is 1. The van der Waals surface area contributed by atoms with E-state index in [1.165, 1.54) is 19.3 Å². The fourth-order valence-corrected chi connectivity index (χ4v) is 4.28. The Morgan fingerprint density at radius 1 is 1.14 bits per heavy atom. The number of carbonyl (C=O) groups excluding carboxylic acids is 1. The van der Waals surface area contributed by atoms with E-state index in [0.29, 0.717) is 17.8 Å². The molecule has 0 bridgehead atoms. The summed E-state index contributed by atoms with van der Waals surface area (Å²) in [5, 5.41) is 10.4. The lowest BCUT2D eigenvalue weighted by atomic mass is 9.96. The highest BCUT2D eigenvalue weighted by Crippen LogP contribution is 2.31. The van der Waals surface area contributed by atoms with Crippen molar-refractivity contribution in [2.24, 2.45) is 0 Å². The Morgan fingerprint density at radius 2 is 1.86 bits per heavy atom.